The summed E-state index contributed by atoms with van der Waals surface area (Å²) in [6.45, 7) is 6.90. The Morgan fingerprint density at radius 3 is 2.36 bits per heavy atom. The molecular formula is C18H27N3O. The Balaban J connectivity index is 1.74. The van der Waals surface area contributed by atoms with Gasteiger partial charge in [-0.1, -0.05) is 30.3 Å². The maximum absolute atomic E-state index is 12.0. The second kappa shape index (κ2) is 6.80. The minimum absolute atomic E-state index is 0.192. The molecule has 0 spiro atoms. The molecule has 0 saturated carbocycles. The Kier molecular flexibility index (Phi) is 4.79. The fraction of sp³-hybridized carbons (Fsp3) is 0.611. The number of hydrogen-bond acceptors (Lipinski definition) is 3. The van der Waals surface area contributed by atoms with E-state index < -0.39 is 0 Å². The lowest BCUT2D eigenvalue weighted by Crippen LogP contribution is -2.55. The summed E-state index contributed by atoms with van der Waals surface area (Å²) in [5, 5.41) is 0. The SMILES string of the molecule is CC(=O)N1CCN(C2CCN(C)CC2)CC1c1ccccc1. The fourth-order valence-corrected chi connectivity index (χ4v) is 3.83. The Morgan fingerprint density at radius 2 is 1.73 bits per heavy atom. The van der Waals surface area contributed by atoms with Gasteiger partial charge in [0.15, 0.2) is 0 Å². The summed E-state index contributed by atoms with van der Waals surface area (Å²) in [6, 6.07) is 11.4. The third kappa shape index (κ3) is 3.33. The summed E-state index contributed by atoms with van der Waals surface area (Å²) >= 11 is 0. The standard InChI is InChI=1S/C18H27N3O/c1-15(22)21-13-12-20(17-8-10-19(2)11-9-17)14-18(21)16-6-4-3-5-7-16/h3-7,17-18H,8-14H2,1-2H3. The zero-order valence-corrected chi connectivity index (χ0v) is 13.7. The van der Waals surface area contributed by atoms with Crippen LogP contribution in [0, 0.1) is 0 Å². The van der Waals surface area contributed by atoms with Gasteiger partial charge < -0.3 is 9.80 Å². The average molecular weight is 301 g/mol. The van der Waals surface area contributed by atoms with Crippen molar-refractivity contribution in [3.8, 4) is 0 Å². The normalized spacial score (nSPS) is 25.4. The van der Waals surface area contributed by atoms with Gasteiger partial charge in [0.05, 0.1) is 6.04 Å². The van der Waals surface area contributed by atoms with Crippen LogP contribution in [-0.2, 0) is 4.79 Å². The van der Waals surface area contributed by atoms with Gasteiger partial charge in [-0.3, -0.25) is 9.69 Å². The highest BCUT2D eigenvalue weighted by Crippen LogP contribution is 2.28. The number of rotatable bonds is 2. The van der Waals surface area contributed by atoms with E-state index in [9.17, 15) is 4.79 Å². The molecule has 1 atom stereocenters. The molecule has 2 saturated heterocycles. The number of carbonyl (C=O) groups excluding carboxylic acids is 1. The van der Waals surface area contributed by atoms with Gasteiger partial charge in [0.25, 0.3) is 0 Å². The molecule has 2 aliphatic rings. The molecule has 1 unspecified atom stereocenters. The van der Waals surface area contributed by atoms with Crippen molar-refractivity contribution >= 4 is 5.91 Å². The van der Waals surface area contributed by atoms with Crippen molar-refractivity contribution in [2.45, 2.75) is 31.8 Å². The van der Waals surface area contributed by atoms with E-state index in [-0.39, 0.29) is 11.9 Å². The molecule has 0 bridgehead atoms. The second-order valence-electron chi connectivity index (χ2n) is 6.67. The van der Waals surface area contributed by atoms with Crippen LogP contribution in [0.4, 0.5) is 0 Å². The van der Waals surface area contributed by atoms with Crippen LogP contribution in [-0.4, -0.2) is 66.4 Å². The van der Waals surface area contributed by atoms with Gasteiger partial charge in [0.1, 0.15) is 0 Å². The maximum atomic E-state index is 12.0. The largest absolute Gasteiger partial charge is 0.333 e. The highest BCUT2D eigenvalue weighted by molar-refractivity contribution is 5.74. The molecule has 3 rings (SSSR count). The molecule has 4 nitrogen and oxygen atoms in total. The second-order valence-corrected chi connectivity index (χ2v) is 6.67. The van der Waals surface area contributed by atoms with Crippen LogP contribution >= 0.6 is 0 Å². The van der Waals surface area contributed by atoms with Crippen LogP contribution in [0.5, 0.6) is 0 Å². The number of amides is 1. The van der Waals surface area contributed by atoms with Crippen LogP contribution < -0.4 is 0 Å². The van der Waals surface area contributed by atoms with E-state index in [2.05, 4.69) is 41.1 Å². The molecule has 2 heterocycles. The smallest absolute Gasteiger partial charge is 0.220 e. The van der Waals surface area contributed by atoms with Gasteiger partial charge in [-0.25, -0.2) is 0 Å². The lowest BCUT2D eigenvalue weighted by atomic mass is 9.97. The fourth-order valence-electron chi connectivity index (χ4n) is 3.83. The van der Waals surface area contributed by atoms with Crippen molar-refractivity contribution in [2.24, 2.45) is 0 Å². The quantitative estimate of drug-likeness (QED) is 0.836. The predicted molar refractivity (Wildman–Crippen MR) is 88.7 cm³/mol. The van der Waals surface area contributed by atoms with E-state index >= 15 is 0 Å². The Hall–Kier alpha value is -1.39. The van der Waals surface area contributed by atoms with Crippen LogP contribution in [0.25, 0.3) is 0 Å². The summed E-state index contributed by atoms with van der Waals surface area (Å²) in [6.07, 6.45) is 2.50. The first kappa shape index (κ1) is 15.5. The minimum atomic E-state index is 0.192. The number of benzene rings is 1. The third-order valence-electron chi connectivity index (χ3n) is 5.21. The summed E-state index contributed by atoms with van der Waals surface area (Å²) < 4.78 is 0. The number of piperazine rings is 1. The number of piperidine rings is 1. The van der Waals surface area contributed by atoms with Gasteiger partial charge in [-0.05, 0) is 38.5 Å². The lowest BCUT2D eigenvalue weighted by Gasteiger charge is -2.46. The topological polar surface area (TPSA) is 26.8 Å². The highest BCUT2D eigenvalue weighted by Gasteiger charge is 2.33. The molecule has 2 fully saturated rings. The van der Waals surface area contributed by atoms with E-state index in [1.54, 1.807) is 6.92 Å². The highest BCUT2D eigenvalue weighted by atomic mass is 16.2. The number of carbonyl (C=O) groups is 1. The molecule has 0 aliphatic carbocycles. The minimum Gasteiger partial charge on any atom is -0.333 e. The lowest BCUT2D eigenvalue weighted by molar-refractivity contribution is -0.134. The zero-order valence-electron chi connectivity index (χ0n) is 13.7. The van der Waals surface area contributed by atoms with Crippen molar-refractivity contribution < 1.29 is 4.79 Å². The molecule has 0 radical (unpaired) electrons. The van der Waals surface area contributed by atoms with Crippen molar-refractivity contribution in [1.29, 1.82) is 0 Å². The maximum Gasteiger partial charge on any atom is 0.220 e. The molecule has 1 aromatic carbocycles. The van der Waals surface area contributed by atoms with Gasteiger partial charge in [-0.2, -0.15) is 0 Å². The number of likely N-dealkylation sites (tertiary alicyclic amines) is 1. The molecule has 2 aliphatic heterocycles. The Bertz CT molecular complexity index is 496. The molecule has 4 heteroatoms. The predicted octanol–water partition coefficient (Wildman–Crippen LogP) is 1.99. The van der Waals surface area contributed by atoms with Gasteiger partial charge >= 0.3 is 0 Å². The van der Waals surface area contributed by atoms with Crippen LogP contribution in [0.15, 0.2) is 30.3 Å². The Labute approximate surface area is 133 Å². The average Bonchev–Trinajstić information content (AvgIpc) is 2.56. The molecule has 0 aromatic heterocycles. The summed E-state index contributed by atoms with van der Waals surface area (Å²) in [4.78, 5) is 19.1. The van der Waals surface area contributed by atoms with E-state index in [4.69, 9.17) is 0 Å². The number of hydrogen-bond donors (Lipinski definition) is 0. The summed E-state index contributed by atoms with van der Waals surface area (Å²) in [7, 11) is 2.21. The number of nitrogens with zero attached hydrogens (tertiary/aromatic N) is 3. The van der Waals surface area contributed by atoms with Crippen molar-refractivity contribution in [2.75, 3.05) is 39.8 Å². The van der Waals surface area contributed by atoms with Gasteiger partial charge in [0, 0.05) is 32.6 Å². The monoisotopic (exact) mass is 301 g/mol. The third-order valence-corrected chi connectivity index (χ3v) is 5.21. The van der Waals surface area contributed by atoms with Crippen molar-refractivity contribution in [1.82, 2.24) is 14.7 Å². The molecular weight excluding hydrogens is 274 g/mol. The first-order valence-electron chi connectivity index (χ1n) is 8.40. The van der Waals surface area contributed by atoms with Crippen molar-refractivity contribution in [3.05, 3.63) is 35.9 Å². The van der Waals surface area contributed by atoms with E-state index in [1.165, 1.54) is 31.5 Å². The van der Waals surface area contributed by atoms with E-state index in [0.29, 0.717) is 6.04 Å². The van der Waals surface area contributed by atoms with Gasteiger partial charge in [-0.15, -0.1) is 0 Å². The van der Waals surface area contributed by atoms with Crippen LogP contribution in [0.3, 0.4) is 0 Å². The molecule has 1 aromatic rings. The molecule has 120 valence electrons. The summed E-state index contributed by atoms with van der Waals surface area (Å²) in [5.41, 5.74) is 1.26. The first-order valence-corrected chi connectivity index (χ1v) is 8.40. The summed E-state index contributed by atoms with van der Waals surface area (Å²) in [5.74, 6) is 0.192. The first-order chi connectivity index (χ1) is 10.6. The van der Waals surface area contributed by atoms with Crippen molar-refractivity contribution in [3.63, 3.8) is 0 Å². The van der Waals surface area contributed by atoms with Crippen LogP contribution in [0.2, 0.25) is 0 Å². The Morgan fingerprint density at radius 1 is 1.05 bits per heavy atom. The zero-order chi connectivity index (χ0) is 15.5. The molecule has 22 heavy (non-hydrogen) atoms. The van der Waals surface area contributed by atoms with Crippen LogP contribution in [0.1, 0.15) is 31.4 Å². The van der Waals surface area contributed by atoms with Gasteiger partial charge in [0.2, 0.25) is 5.91 Å². The molecule has 0 N–H and O–H groups in total. The molecule has 1 amide bonds. The van der Waals surface area contributed by atoms with E-state index in [1.807, 2.05) is 11.0 Å². The van der Waals surface area contributed by atoms with E-state index in [0.717, 1.165) is 19.6 Å².